The Balaban J connectivity index is 1.58. The number of benzene rings is 3. The summed E-state index contributed by atoms with van der Waals surface area (Å²) in [5, 5.41) is 4.31. The molecule has 4 rings (SSSR count). The fourth-order valence-electron chi connectivity index (χ4n) is 4.54. The average molecular weight is 540 g/mol. The number of imidazole rings is 1. The Morgan fingerprint density at radius 3 is 2.54 bits per heavy atom. The van der Waals surface area contributed by atoms with Gasteiger partial charge in [0.1, 0.15) is 11.9 Å². The second-order valence-corrected chi connectivity index (χ2v) is 9.68. The number of carbonyl (C=O) groups is 1. The normalized spacial score (nSPS) is 11.9. The van der Waals surface area contributed by atoms with E-state index in [-0.39, 0.29) is 5.91 Å². The van der Waals surface area contributed by atoms with Gasteiger partial charge in [-0.2, -0.15) is 0 Å². The van der Waals surface area contributed by atoms with E-state index >= 15 is 0 Å². The third-order valence-corrected chi connectivity index (χ3v) is 6.96. The monoisotopic (exact) mass is 539 g/mol. The molecule has 0 aliphatic carbocycles. The molecule has 0 fully saturated rings. The van der Waals surface area contributed by atoms with Gasteiger partial charge in [-0.05, 0) is 60.4 Å². The first-order valence-corrected chi connectivity index (χ1v) is 13.1. The molecule has 1 heterocycles. The zero-order chi connectivity index (χ0) is 26.4. The largest absolute Gasteiger partial charge is 0.493 e. The predicted molar refractivity (Wildman–Crippen MR) is 149 cm³/mol. The molecule has 0 saturated carbocycles. The lowest BCUT2D eigenvalue weighted by molar-refractivity contribution is -0.124. The van der Waals surface area contributed by atoms with Gasteiger partial charge in [-0.1, -0.05) is 60.8 Å². The third kappa shape index (κ3) is 6.20. The van der Waals surface area contributed by atoms with Gasteiger partial charge in [0.15, 0.2) is 11.5 Å². The first kappa shape index (κ1) is 26.8. The molecule has 8 heteroatoms. The maximum Gasteiger partial charge on any atom is 0.243 e. The van der Waals surface area contributed by atoms with E-state index in [9.17, 15) is 4.79 Å². The number of halogens is 2. The first-order chi connectivity index (χ1) is 17.9. The Morgan fingerprint density at radius 2 is 1.81 bits per heavy atom. The number of hydrogen-bond acceptors (Lipinski definition) is 4. The van der Waals surface area contributed by atoms with Crippen LogP contribution in [-0.2, 0) is 17.6 Å². The average Bonchev–Trinajstić information content (AvgIpc) is 3.26. The van der Waals surface area contributed by atoms with E-state index in [0.29, 0.717) is 47.4 Å². The summed E-state index contributed by atoms with van der Waals surface area (Å²) in [6.07, 6.45) is 2.69. The molecule has 1 unspecified atom stereocenters. The van der Waals surface area contributed by atoms with Gasteiger partial charge < -0.3 is 19.4 Å². The van der Waals surface area contributed by atoms with E-state index < -0.39 is 6.04 Å². The summed E-state index contributed by atoms with van der Waals surface area (Å²) in [5.41, 5.74) is 3.74. The number of nitrogens with zero attached hydrogens (tertiary/aromatic N) is 2. The number of fused-ring (bicyclic) bond motifs is 1. The van der Waals surface area contributed by atoms with Crippen LogP contribution >= 0.6 is 23.2 Å². The van der Waals surface area contributed by atoms with E-state index in [2.05, 4.69) is 16.8 Å². The van der Waals surface area contributed by atoms with Crippen LogP contribution in [-0.4, -0.2) is 36.2 Å². The highest BCUT2D eigenvalue weighted by Crippen LogP contribution is 2.30. The molecule has 0 bridgehead atoms. The van der Waals surface area contributed by atoms with Crippen molar-refractivity contribution in [2.24, 2.45) is 0 Å². The molecule has 1 N–H and O–H groups in total. The number of rotatable bonds is 11. The molecule has 3 aromatic carbocycles. The SMILES string of the molecule is CCCC(C(=O)NCCc1ccc(OC)c(OC)c1)n1c(Cc2ccc(Cl)cc2Cl)nc2ccccc21. The van der Waals surface area contributed by atoms with Gasteiger partial charge in [0.05, 0.1) is 25.3 Å². The predicted octanol–water partition coefficient (Wildman–Crippen LogP) is 6.65. The van der Waals surface area contributed by atoms with Crippen LogP contribution in [0.1, 0.15) is 42.8 Å². The van der Waals surface area contributed by atoms with Crippen LogP contribution in [0.2, 0.25) is 10.0 Å². The lowest BCUT2D eigenvalue weighted by Gasteiger charge is -2.21. The quantitative estimate of drug-likeness (QED) is 0.231. The number of nitrogens with one attached hydrogen (secondary N) is 1. The number of aromatic nitrogens is 2. The molecular weight excluding hydrogens is 509 g/mol. The van der Waals surface area contributed by atoms with Crippen molar-refractivity contribution < 1.29 is 14.3 Å². The maximum absolute atomic E-state index is 13.6. The summed E-state index contributed by atoms with van der Waals surface area (Å²) < 4.78 is 12.8. The summed E-state index contributed by atoms with van der Waals surface area (Å²) in [4.78, 5) is 18.4. The Bertz CT molecular complexity index is 1390. The second kappa shape index (κ2) is 12.3. The van der Waals surface area contributed by atoms with Crippen molar-refractivity contribution in [1.29, 1.82) is 0 Å². The number of carbonyl (C=O) groups excluding carboxylic acids is 1. The molecule has 0 aliphatic rings. The molecule has 0 saturated heterocycles. The summed E-state index contributed by atoms with van der Waals surface area (Å²) >= 11 is 12.6. The van der Waals surface area contributed by atoms with Gasteiger partial charge in [0.2, 0.25) is 5.91 Å². The summed E-state index contributed by atoms with van der Waals surface area (Å²) in [6, 6.07) is 18.8. The highest BCUT2D eigenvalue weighted by Gasteiger charge is 2.25. The highest BCUT2D eigenvalue weighted by molar-refractivity contribution is 6.35. The van der Waals surface area contributed by atoms with Gasteiger partial charge in [-0.15, -0.1) is 0 Å². The summed E-state index contributed by atoms with van der Waals surface area (Å²) in [7, 11) is 3.23. The van der Waals surface area contributed by atoms with Gasteiger partial charge >= 0.3 is 0 Å². The molecule has 4 aromatic rings. The third-order valence-electron chi connectivity index (χ3n) is 6.37. The fraction of sp³-hybridized carbons (Fsp3) is 0.310. The number of hydrogen-bond donors (Lipinski definition) is 1. The first-order valence-electron chi connectivity index (χ1n) is 12.3. The lowest BCUT2D eigenvalue weighted by atomic mass is 10.1. The second-order valence-electron chi connectivity index (χ2n) is 8.83. The van der Waals surface area contributed by atoms with Crippen molar-refractivity contribution in [1.82, 2.24) is 14.9 Å². The van der Waals surface area contributed by atoms with Gasteiger partial charge in [-0.3, -0.25) is 4.79 Å². The number of para-hydroxylation sites is 2. The van der Waals surface area contributed by atoms with Crippen LogP contribution in [0, 0.1) is 0 Å². The molecule has 0 spiro atoms. The van der Waals surface area contributed by atoms with Crippen LogP contribution < -0.4 is 14.8 Å². The topological polar surface area (TPSA) is 65.4 Å². The molecular formula is C29H31Cl2N3O3. The summed E-state index contributed by atoms with van der Waals surface area (Å²) in [6.45, 7) is 2.58. The van der Waals surface area contributed by atoms with Crippen molar-refractivity contribution in [2.45, 2.75) is 38.6 Å². The minimum Gasteiger partial charge on any atom is -0.493 e. The van der Waals surface area contributed by atoms with E-state index in [1.54, 1.807) is 20.3 Å². The Labute approximate surface area is 227 Å². The zero-order valence-corrected chi connectivity index (χ0v) is 22.8. The molecule has 1 amide bonds. The maximum atomic E-state index is 13.6. The highest BCUT2D eigenvalue weighted by atomic mass is 35.5. The minimum atomic E-state index is -0.399. The van der Waals surface area contributed by atoms with Crippen LogP contribution in [0.4, 0.5) is 0 Å². The standard InChI is InChI=1S/C29H31Cl2N3O3/c1-4-7-25(29(35)32-15-14-19-10-13-26(36-2)27(16-19)37-3)34-24-9-6-5-8-23(24)33-28(34)17-20-11-12-21(30)18-22(20)31/h5-6,8-13,16,18,25H,4,7,14-15,17H2,1-3H3,(H,32,35). The van der Waals surface area contributed by atoms with Crippen molar-refractivity contribution >= 4 is 40.1 Å². The molecule has 0 aliphatic heterocycles. The summed E-state index contributed by atoms with van der Waals surface area (Å²) in [5.74, 6) is 2.11. The van der Waals surface area contributed by atoms with Crippen molar-refractivity contribution in [3.05, 3.63) is 87.7 Å². The Kier molecular flexibility index (Phi) is 8.95. The fourth-order valence-corrected chi connectivity index (χ4v) is 5.01. The van der Waals surface area contributed by atoms with Gasteiger partial charge in [0.25, 0.3) is 0 Å². The van der Waals surface area contributed by atoms with Crippen LogP contribution in [0.3, 0.4) is 0 Å². The van der Waals surface area contributed by atoms with Gasteiger partial charge in [-0.25, -0.2) is 4.98 Å². The number of ether oxygens (including phenoxy) is 2. The Morgan fingerprint density at radius 1 is 1.03 bits per heavy atom. The van der Waals surface area contributed by atoms with Crippen molar-refractivity contribution in [2.75, 3.05) is 20.8 Å². The minimum absolute atomic E-state index is 0.0334. The van der Waals surface area contributed by atoms with Crippen molar-refractivity contribution in [3.8, 4) is 11.5 Å². The number of amides is 1. The molecule has 37 heavy (non-hydrogen) atoms. The van der Waals surface area contributed by atoms with Gasteiger partial charge in [0, 0.05) is 23.0 Å². The van der Waals surface area contributed by atoms with Crippen LogP contribution in [0.15, 0.2) is 60.7 Å². The molecule has 194 valence electrons. The molecule has 6 nitrogen and oxygen atoms in total. The van der Waals surface area contributed by atoms with E-state index in [1.165, 1.54) is 0 Å². The van der Waals surface area contributed by atoms with Crippen molar-refractivity contribution in [3.63, 3.8) is 0 Å². The van der Waals surface area contributed by atoms with E-state index in [0.717, 1.165) is 34.4 Å². The lowest BCUT2D eigenvalue weighted by Crippen LogP contribution is -2.34. The molecule has 1 aromatic heterocycles. The van der Waals surface area contributed by atoms with Crippen LogP contribution in [0.25, 0.3) is 11.0 Å². The molecule has 0 radical (unpaired) electrons. The molecule has 1 atom stereocenters. The zero-order valence-electron chi connectivity index (χ0n) is 21.3. The Hall–Kier alpha value is -3.22. The smallest absolute Gasteiger partial charge is 0.243 e. The van der Waals surface area contributed by atoms with Crippen LogP contribution in [0.5, 0.6) is 11.5 Å². The van der Waals surface area contributed by atoms with E-state index in [1.807, 2.05) is 54.6 Å². The number of methoxy groups -OCH3 is 2. The van der Waals surface area contributed by atoms with E-state index in [4.69, 9.17) is 37.7 Å².